The zero-order chi connectivity index (χ0) is 7.40. The van der Waals surface area contributed by atoms with Crippen molar-refractivity contribution in [2.24, 2.45) is 5.73 Å². The molecule has 1 aromatic heterocycles. The Hall–Kier alpha value is -1.47. The minimum atomic E-state index is 0.178. The van der Waals surface area contributed by atoms with Gasteiger partial charge >= 0.3 is 0 Å². The second-order valence-electron chi connectivity index (χ2n) is 1.73. The molecule has 4 nitrogen and oxygen atoms in total. The Kier molecular flexibility index (Phi) is 1.92. The first-order valence-corrected chi connectivity index (χ1v) is 2.78. The van der Waals surface area contributed by atoms with E-state index in [1.54, 1.807) is 12.4 Å². The van der Waals surface area contributed by atoms with Crippen LogP contribution in [0.2, 0.25) is 0 Å². The predicted octanol–water partition coefficient (Wildman–Crippen LogP) is -0.193. The zero-order valence-electron chi connectivity index (χ0n) is 5.28. The first kappa shape index (κ1) is 6.65. The van der Waals surface area contributed by atoms with Crippen LogP contribution in [-0.2, 0) is 6.54 Å². The molecular formula is C6H6N4. The number of nitriles is 1. The molecule has 0 unspecified atom stereocenters. The van der Waals surface area contributed by atoms with Crippen molar-refractivity contribution in [3.05, 3.63) is 23.8 Å². The average molecular weight is 134 g/mol. The van der Waals surface area contributed by atoms with Gasteiger partial charge in [0.05, 0.1) is 0 Å². The van der Waals surface area contributed by atoms with Crippen LogP contribution in [0.15, 0.2) is 12.4 Å². The van der Waals surface area contributed by atoms with E-state index in [4.69, 9.17) is 11.0 Å². The fourth-order valence-corrected chi connectivity index (χ4v) is 0.518. The van der Waals surface area contributed by atoms with Crippen LogP contribution >= 0.6 is 0 Å². The minimum Gasteiger partial charge on any atom is -0.326 e. The molecule has 1 heterocycles. The molecule has 0 aliphatic carbocycles. The van der Waals surface area contributed by atoms with Crippen molar-refractivity contribution in [3.8, 4) is 6.07 Å². The summed E-state index contributed by atoms with van der Waals surface area (Å²) < 4.78 is 0. The van der Waals surface area contributed by atoms with E-state index in [1.807, 2.05) is 6.07 Å². The third kappa shape index (κ3) is 1.27. The molecule has 0 saturated carbocycles. The predicted molar refractivity (Wildman–Crippen MR) is 34.6 cm³/mol. The van der Waals surface area contributed by atoms with Crippen molar-refractivity contribution < 1.29 is 0 Å². The van der Waals surface area contributed by atoms with E-state index in [1.165, 1.54) is 0 Å². The summed E-state index contributed by atoms with van der Waals surface area (Å²) in [6, 6.07) is 1.82. The Labute approximate surface area is 58.3 Å². The van der Waals surface area contributed by atoms with Gasteiger partial charge in [0, 0.05) is 24.5 Å². The highest BCUT2D eigenvalue weighted by Crippen LogP contribution is 1.91. The molecular weight excluding hydrogens is 128 g/mol. The molecule has 0 fully saturated rings. The van der Waals surface area contributed by atoms with Gasteiger partial charge in [-0.3, -0.25) is 0 Å². The van der Waals surface area contributed by atoms with Crippen molar-refractivity contribution in [3.63, 3.8) is 0 Å². The quantitative estimate of drug-likeness (QED) is 0.577. The summed E-state index contributed by atoms with van der Waals surface area (Å²) in [6.07, 6.45) is 3.09. The second-order valence-corrected chi connectivity index (χ2v) is 1.73. The monoisotopic (exact) mass is 134 g/mol. The summed E-state index contributed by atoms with van der Waals surface area (Å²) in [4.78, 5) is 7.43. The molecule has 0 aliphatic rings. The molecule has 4 heteroatoms. The van der Waals surface area contributed by atoms with E-state index in [0.29, 0.717) is 6.54 Å². The topological polar surface area (TPSA) is 75.6 Å². The third-order valence-corrected chi connectivity index (χ3v) is 1.04. The van der Waals surface area contributed by atoms with Crippen LogP contribution in [0.4, 0.5) is 0 Å². The Balaban J connectivity index is 2.93. The number of nitrogens with two attached hydrogens (primary N) is 1. The molecule has 0 saturated heterocycles. The lowest BCUT2D eigenvalue weighted by Crippen LogP contribution is -1.98. The van der Waals surface area contributed by atoms with Gasteiger partial charge in [-0.2, -0.15) is 5.26 Å². The summed E-state index contributed by atoms with van der Waals surface area (Å²) in [5, 5.41) is 8.29. The Morgan fingerprint density at radius 3 is 2.50 bits per heavy atom. The van der Waals surface area contributed by atoms with Gasteiger partial charge in [0.25, 0.3) is 0 Å². The maximum Gasteiger partial charge on any atom is 0.232 e. The summed E-state index contributed by atoms with van der Waals surface area (Å²) in [5.74, 6) is 0.178. The maximum absolute atomic E-state index is 8.29. The van der Waals surface area contributed by atoms with E-state index in [0.717, 1.165) is 5.56 Å². The van der Waals surface area contributed by atoms with E-state index in [9.17, 15) is 0 Å². The smallest absolute Gasteiger partial charge is 0.232 e. The van der Waals surface area contributed by atoms with E-state index in [-0.39, 0.29) is 5.82 Å². The fourth-order valence-electron chi connectivity index (χ4n) is 0.518. The number of nitrogens with zero attached hydrogens (tertiary/aromatic N) is 3. The molecule has 2 N–H and O–H groups in total. The van der Waals surface area contributed by atoms with Crippen LogP contribution in [0.5, 0.6) is 0 Å². The highest BCUT2D eigenvalue weighted by molar-refractivity contribution is 5.12. The van der Waals surface area contributed by atoms with Gasteiger partial charge in [0.2, 0.25) is 5.82 Å². The van der Waals surface area contributed by atoms with Gasteiger partial charge in [0.1, 0.15) is 6.07 Å². The number of rotatable bonds is 1. The molecule has 0 amide bonds. The van der Waals surface area contributed by atoms with E-state index in [2.05, 4.69) is 9.97 Å². The lowest BCUT2D eigenvalue weighted by Gasteiger charge is -1.91. The van der Waals surface area contributed by atoms with Gasteiger partial charge < -0.3 is 5.73 Å². The molecule has 1 aromatic rings. The molecule has 0 aliphatic heterocycles. The van der Waals surface area contributed by atoms with Crippen molar-refractivity contribution in [2.45, 2.75) is 6.54 Å². The normalized spacial score (nSPS) is 8.80. The Morgan fingerprint density at radius 2 is 2.10 bits per heavy atom. The molecule has 0 bridgehead atoms. The number of aromatic nitrogens is 2. The van der Waals surface area contributed by atoms with Gasteiger partial charge in [-0.25, -0.2) is 9.97 Å². The largest absolute Gasteiger partial charge is 0.326 e. The Morgan fingerprint density at radius 1 is 1.50 bits per heavy atom. The van der Waals surface area contributed by atoms with Crippen LogP contribution in [0, 0.1) is 11.3 Å². The summed E-state index contributed by atoms with van der Waals surface area (Å²) >= 11 is 0. The van der Waals surface area contributed by atoms with Crippen molar-refractivity contribution in [1.29, 1.82) is 5.26 Å². The van der Waals surface area contributed by atoms with Crippen LogP contribution in [0.1, 0.15) is 11.4 Å². The van der Waals surface area contributed by atoms with Crippen LogP contribution in [0.25, 0.3) is 0 Å². The SMILES string of the molecule is N#Cc1ncc(CN)cn1. The fraction of sp³-hybridized carbons (Fsp3) is 0.167. The minimum absolute atomic E-state index is 0.178. The standard InChI is InChI=1S/C6H6N4/c7-1-5-3-9-6(2-8)10-4-5/h3-4H,1,7H2. The summed E-state index contributed by atoms with van der Waals surface area (Å²) in [6.45, 7) is 0.408. The maximum atomic E-state index is 8.29. The van der Waals surface area contributed by atoms with Gasteiger partial charge in [-0.1, -0.05) is 0 Å². The molecule has 0 aromatic carbocycles. The van der Waals surface area contributed by atoms with Crippen LogP contribution in [0.3, 0.4) is 0 Å². The second kappa shape index (κ2) is 2.90. The highest BCUT2D eigenvalue weighted by atomic mass is 14.9. The molecule has 1 rings (SSSR count). The van der Waals surface area contributed by atoms with Crippen molar-refractivity contribution >= 4 is 0 Å². The third-order valence-electron chi connectivity index (χ3n) is 1.04. The van der Waals surface area contributed by atoms with E-state index >= 15 is 0 Å². The summed E-state index contributed by atoms with van der Waals surface area (Å²) in [7, 11) is 0. The highest BCUT2D eigenvalue weighted by Gasteiger charge is 1.91. The van der Waals surface area contributed by atoms with Crippen LogP contribution in [-0.4, -0.2) is 9.97 Å². The van der Waals surface area contributed by atoms with Gasteiger partial charge in [-0.15, -0.1) is 0 Å². The average Bonchev–Trinajstić information content (AvgIpc) is 2.05. The molecule has 0 spiro atoms. The first-order valence-electron chi connectivity index (χ1n) is 2.78. The van der Waals surface area contributed by atoms with Crippen molar-refractivity contribution in [1.82, 2.24) is 9.97 Å². The lowest BCUT2D eigenvalue weighted by molar-refractivity contribution is 0.993. The summed E-state index contributed by atoms with van der Waals surface area (Å²) in [5.41, 5.74) is 6.11. The molecule has 10 heavy (non-hydrogen) atoms. The molecule has 50 valence electrons. The van der Waals surface area contributed by atoms with E-state index < -0.39 is 0 Å². The molecule has 0 atom stereocenters. The number of hydrogen-bond acceptors (Lipinski definition) is 4. The lowest BCUT2D eigenvalue weighted by atomic mass is 10.3. The van der Waals surface area contributed by atoms with Gasteiger partial charge in [0.15, 0.2) is 0 Å². The Bertz CT molecular complexity index is 245. The number of hydrogen-bond donors (Lipinski definition) is 1. The van der Waals surface area contributed by atoms with Crippen molar-refractivity contribution in [2.75, 3.05) is 0 Å². The van der Waals surface area contributed by atoms with Gasteiger partial charge in [-0.05, 0) is 0 Å². The van der Waals surface area contributed by atoms with Crippen LogP contribution < -0.4 is 5.73 Å². The zero-order valence-corrected chi connectivity index (χ0v) is 5.28. The molecule has 0 radical (unpaired) electrons. The first-order chi connectivity index (χ1) is 4.86.